The number of amidine groups is 1. The van der Waals surface area contributed by atoms with Gasteiger partial charge in [0.1, 0.15) is 23.7 Å². The average Bonchev–Trinajstić information content (AvgIpc) is 2.73. The van der Waals surface area contributed by atoms with E-state index in [0.29, 0.717) is 12.3 Å². The molecule has 2 heterocycles. The molecule has 4 rings (SSSR count). The van der Waals surface area contributed by atoms with Crippen LogP contribution in [0, 0.1) is 5.82 Å². The van der Waals surface area contributed by atoms with Crippen LogP contribution in [0.3, 0.4) is 0 Å². The van der Waals surface area contributed by atoms with Gasteiger partial charge in [0, 0.05) is 17.4 Å². The van der Waals surface area contributed by atoms with Gasteiger partial charge < -0.3 is 15.4 Å². The Kier molecular flexibility index (Phi) is 6.41. The minimum atomic E-state index is -4.67. The zero-order chi connectivity index (χ0) is 24.7. The molecule has 0 radical (unpaired) electrons. The standard InChI is InChI=1S/C22H20ClF5N4O2/c1-21(17(25)10-34-20(32-21)31-12-3-2-4-12)14-8-13(5-6-16(14)24)30-19(33)18-15(23)7-11(9-29-18)22(26,27)28/h5-9,12,17H,2-4,10H2,1H3,(H,30,33)(H,31,32)/t17-,21-/m1/s1. The predicted octanol–water partition coefficient (Wildman–Crippen LogP) is 5.23. The molecule has 0 bridgehead atoms. The maximum atomic E-state index is 14.9. The summed E-state index contributed by atoms with van der Waals surface area (Å²) in [6.45, 7) is 1.12. The molecule has 2 aromatic rings. The summed E-state index contributed by atoms with van der Waals surface area (Å²) in [6, 6.07) is 4.29. The molecule has 6 nitrogen and oxygen atoms in total. The number of alkyl halides is 4. The van der Waals surface area contributed by atoms with Gasteiger partial charge in [-0.25, -0.2) is 18.8 Å². The molecule has 2 aliphatic rings. The van der Waals surface area contributed by atoms with Gasteiger partial charge in [-0.2, -0.15) is 13.2 Å². The molecule has 2 atom stereocenters. The summed E-state index contributed by atoms with van der Waals surface area (Å²) in [5.41, 5.74) is -3.12. The fourth-order valence-electron chi connectivity index (χ4n) is 3.59. The second-order valence-corrected chi connectivity index (χ2v) is 8.73. The van der Waals surface area contributed by atoms with E-state index in [1.165, 1.54) is 19.1 Å². The zero-order valence-electron chi connectivity index (χ0n) is 17.8. The van der Waals surface area contributed by atoms with Gasteiger partial charge in [-0.05, 0) is 50.5 Å². The van der Waals surface area contributed by atoms with Crippen molar-refractivity contribution in [3.8, 4) is 0 Å². The van der Waals surface area contributed by atoms with Crippen LogP contribution in [0.5, 0.6) is 0 Å². The van der Waals surface area contributed by atoms with E-state index in [1.807, 2.05) is 0 Å². The van der Waals surface area contributed by atoms with Gasteiger partial charge in [0.05, 0.1) is 16.6 Å². The molecule has 1 saturated heterocycles. The number of anilines is 1. The first-order valence-electron chi connectivity index (χ1n) is 10.4. The second kappa shape index (κ2) is 9.01. The van der Waals surface area contributed by atoms with Gasteiger partial charge >= 0.3 is 6.18 Å². The fraction of sp³-hybridized carbons (Fsp3) is 0.409. The van der Waals surface area contributed by atoms with Crippen molar-refractivity contribution in [2.24, 2.45) is 4.99 Å². The van der Waals surface area contributed by atoms with Gasteiger partial charge in [-0.3, -0.25) is 4.79 Å². The number of amides is 1. The highest BCUT2D eigenvalue weighted by atomic mass is 35.5. The minimum Gasteiger partial charge on any atom is -0.462 e. The van der Waals surface area contributed by atoms with Crippen LogP contribution in [0.1, 0.15) is 47.8 Å². The van der Waals surface area contributed by atoms with Crippen LogP contribution in [0.25, 0.3) is 0 Å². The first-order valence-corrected chi connectivity index (χ1v) is 10.8. The molecule has 182 valence electrons. The van der Waals surface area contributed by atoms with Gasteiger partial charge in [0.15, 0.2) is 6.17 Å². The van der Waals surface area contributed by atoms with E-state index < -0.39 is 45.9 Å². The molecule has 1 aromatic carbocycles. The number of pyridine rings is 1. The van der Waals surface area contributed by atoms with Crippen LogP contribution in [-0.2, 0) is 16.5 Å². The predicted molar refractivity (Wildman–Crippen MR) is 115 cm³/mol. The molecule has 34 heavy (non-hydrogen) atoms. The minimum absolute atomic E-state index is 0.0679. The van der Waals surface area contributed by atoms with Crippen LogP contribution in [0.2, 0.25) is 5.02 Å². The van der Waals surface area contributed by atoms with Crippen LogP contribution in [0.15, 0.2) is 35.5 Å². The molecule has 1 amide bonds. The highest BCUT2D eigenvalue weighted by Gasteiger charge is 2.44. The Hall–Kier alpha value is -2.95. The number of hydrogen-bond acceptors (Lipinski definition) is 4. The van der Waals surface area contributed by atoms with Crippen molar-refractivity contribution < 1.29 is 31.5 Å². The summed E-state index contributed by atoms with van der Waals surface area (Å²) in [5, 5.41) is 4.74. The quantitative estimate of drug-likeness (QED) is 0.562. The SMILES string of the molecule is C[C@]1(c2cc(NC(=O)c3ncc(C(F)(F)F)cc3Cl)ccc2F)NC(=NC2CCC2)OC[C@H]1F. The van der Waals surface area contributed by atoms with E-state index in [-0.39, 0.29) is 29.9 Å². The number of hydrogen-bond donors (Lipinski definition) is 2. The van der Waals surface area contributed by atoms with Crippen molar-refractivity contribution in [2.75, 3.05) is 11.9 Å². The summed E-state index contributed by atoms with van der Waals surface area (Å²) >= 11 is 5.82. The molecule has 0 spiro atoms. The molecule has 0 unspecified atom stereocenters. The zero-order valence-corrected chi connectivity index (χ0v) is 18.6. The molecule has 2 N–H and O–H groups in total. The van der Waals surface area contributed by atoms with Gasteiger partial charge in [-0.15, -0.1) is 0 Å². The van der Waals surface area contributed by atoms with Crippen molar-refractivity contribution in [3.63, 3.8) is 0 Å². The van der Waals surface area contributed by atoms with E-state index in [2.05, 4.69) is 20.6 Å². The number of carbonyl (C=O) groups is 1. The number of benzene rings is 1. The van der Waals surface area contributed by atoms with Gasteiger partial charge in [0.2, 0.25) is 0 Å². The van der Waals surface area contributed by atoms with Crippen LogP contribution in [0.4, 0.5) is 27.6 Å². The van der Waals surface area contributed by atoms with Crippen LogP contribution >= 0.6 is 11.6 Å². The fourth-order valence-corrected chi connectivity index (χ4v) is 3.85. The smallest absolute Gasteiger partial charge is 0.417 e. The van der Waals surface area contributed by atoms with Crippen molar-refractivity contribution >= 4 is 29.2 Å². The Balaban J connectivity index is 1.58. The number of aromatic nitrogens is 1. The van der Waals surface area contributed by atoms with E-state index >= 15 is 0 Å². The molecule has 12 heteroatoms. The first kappa shape index (κ1) is 24.2. The molecule has 1 saturated carbocycles. The normalized spacial score (nSPS) is 24.2. The highest BCUT2D eigenvalue weighted by Crippen LogP contribution is 2.35. The summed E-state index contributed by atoms with van der Waals surface area (Å²) in [5.74, 6) is -1.64. The highest BCUT2D eigenvalue weighted by molar-refractivity contribution is 6.34. The summed E-state index contributed by atoms with van der Waals surface area (Å²) in [6.07, 6.45) is -3.01. The molecule has 1 aromatic heterocycles. The topological polar surface area (TPSA) is 75.6 Å². The number of nitrogens with one attached hydrogen (secondary N) is 2. The van der Waals surface area contributed by atoms with Crippen molar-refractivity contribution in [1.82, 2.24) is 10.3 Å². The van der Waals surface area contributed by atoms with E-state index in [9.17, 15) is 26.7 Å². The third-order valence-electron chi connectivity index (χ3n) is 5.90. The molecular formula is C22H20ClF5N4O2. The lowest BCUT2D eigenvalue weighted by atomic mass is 9.86. The third-order valence-corrected chi connectivity index (χ3v) is 6.19. The maximum absolute atomic E-state index is 14.9. The van der Waals surface area contributed by atoms with E-state index in [4.69, 9.17) is 16.3 Å². The lowest BCUT2D eigenvalue weighted by Gasteiger charge is -2.40. The lowest BCUT2D eigenvalue weighted by Crippen LogP contribution is -2.57. The van der Waals surface area contributed by atoms with Crippen molar-refractivity contribution in [3.05, 3.63) is 58.1 Å². The number of halogens is 6. The number of ether oxygens (including phenoxy) is 1. The largest absolute Gasteiger partial charge is 0.462 e. The first-order chi connectivity index (χ1) is 16.0. The van der Waals surface area contributed by atoms with Gasteiger partial charge in [0.25, 0.3) is 11.9 Å². The van der Waals surface area contributed by atoms with Gasteiger partial charge in [-0.1, -0.05) is 11.6 Å². The van der Waals surface area contributed by atoms with Crippen LogP contribution < -0.4 is 10.6 Å². The van der Waals surface area contributed by atoms with Crippen molar-refractivity contribution in [1.29, 1.82) is 0 Å². The average molecular weight is 503 g/mol. The summed E-state index contributed by atoms with van der Waals surface area (Å²) in [7, 11) is 0. The Morgan fingerprint density at radius 2 is 2.06 bits per heavy atom. The van der Waals surface area contributed by atoms with Crippen LogP contribution in [-0.4, -0.2) is 35.7 Å². The Bertz CT molecular complexity index is 1140. The Morgan fingerprint density at radius 3 is 2.68 bits per heavy atom. The Morgan fingerprint density at radius 1 is 1.32 bits per heavy atom. The number of carbonyl (C=O) groups excluding carboxylic acids is 1. The number of nitrogens with zero attached hydrogens (tertiary/aromatic N) is 2. The molecule has 1 aliphatic carbocycles. The lowest BCUT2D eigenvalue weighted by molar-refractivity contribution is -0.137. The molecule has 2 fully saturated rings. The summed E-state index contributed by atoms with van der Waals surface area (Å²) in [4.78, 5) is 20.5. The molecular weight excluding hydrogens is 483 g/mol. The third kappa shape index (κ3) is 4.79. The van der Waals surface area contributed by atoms with E-state index in [1.54, 1.807) is 0 Å². The number of aliphatic imine (C=N–C) groups is 1. The second-order valence-electron chi connectivity index (χ2n) is 8.33. The Labute approximate surface area is 196 Å². The van der Waals surface area contributed by atoms with Crippen molar-refractivity contribution in [2.45, 2.75) is 50.1 Å². The van der Waals surface area contributed by atoms with E-state index in [0.717, 1.165) is 25.3 Å². The molecule has 1 aliphatic heterocycles. The maximum Gasteiger partial charge on any atom is 0.417 e. The summed E-state index contributed by atoms with van der Waals surface area (Å²) < 4.78 is 73.5. The number of rotatable bonds is 4. The monoisotopic (exact) mass is 502 g/mol.